The van der Waals surface area contributed by atoms with Crippen molar-refractivity contribution in [3.63, 3.8) is 0 Å². The van der Waals surface area contributed by atoms with E-state index in [1.807, 2.05) is 48.2 Å². The molecule has 1 amide bonds. The summed E-state index contributed by atoms with van der Waals surface area (Å²) < 4.78 is 19.2. The van der Waals surface area contributed by atoms with Crippen LogP contribution in [-0.2, 0) is 0 Å². The lowest BCUT2D eigenvalue weighted by molar-refractivity contribution is 0.0540. The van der Waals surface area contributed by atoms with Crippen LogP contribution in [0.15, 0.2) is 65.2 Å². The molecular weight excluding hydrogens is 431 g/mol. The van der Waals surface area contributed by atoms with Gasteiger partial charge in [-0.3, -0.25) is 9.78 Å². The monoisotopic (exact) mass is 458 g/mol. The summed E-state index contributed by atoms with van der Waals surface area (Å²) in [7, 11) is 0. The Morgan fingerprint density at radius 1 is 1.21 bits per heavy atom. The molecule has 7 heteroatoms. The van der Waals surface area contributed by atoms with Gasteiger partial charge in [-0.05, 0) is 56.0 Å². The molecule has 5 rings (SSSR count). The molecule has 1 N–H and O–H groups in total. The van der Waals surface area contributed by atoms with Gasteiger partial charge >= 0.3 is 0 Å². The van der Waals surface area contributed by atoms with E-state index in [0.717, 1.165) is 29.7 Å². The highest BCUT2D eigenvalue weighted by atomic mass is 19.1. The van der Waals surface area contributed by atoms with E-state index in [1.165, 1.54) is 12.1 Å². The molecule has 34 heavy (non-hydrogen) atoms. The molecule has 2 atom stereocenters. The SMILES string of the molecule is Cc1ccc(-c2ccccn2)c(C(=O)N2CCCC(C)C2CNc2nc3ccc(F)cc3o2)c1. The van der Waals surface area contributed by atoms with E-state index in [-0.39, 0.29) is 17.8 Å². The fraction of sp³-hybridized carbons (Fsp3) is 0.296. The van der Waals surface area contributed by atoms with E-state index in [1.54, 1.807) is 12.3 Å². The van der Waals surface area contributed by atoms with Crippen molar-refractivity contribution in [1.29, 1.82) is 0 Å². The van der Waals surface area contributed by atoms with Crippen molar-refractivity contribution >= 4 is 23.0 Å². The third-order valence-electron chi connectivity index (χ3n) is 6.54. The van der Waals surface area contributed by atoms with E-state index in [2.05, 4.69) is 22.2 Å². The highest BCUT2D eigenvalue weighted by Gasteiger charge is 2.33. The van der Waals surface area contributed by atoms with Crippen LogP contribution < -0.4 is 5.32 Å². The molecule has 1 saturated heterocycles. The maximum Gasteiger partial charge on any atom is 0.295 e. The number of nitrogens with one attached hydrogen (secondary N) is 1. The van der Waals surface area contributed by atoms with E-state index < -0.39 is 0 Å². The Bertz CT molecular complexity index is 1320. The zero-order valence-electron chi connectivity index (χ0n) is 19.3. The Balaban J connectivity index is 1.41. The summed E-state index contributed by atoms with van der Waals surface area (Å²) in [6, 6.07) is 16.2. The molecule has 2 aromatic carbocycles. The first-order valence-corrected chi connectivity index (χ1v) is 11.6. The van der Waals surface area contributed by atoms with Crippen molar-refractivity contribution in [2.45, 2.75) is 32.7 Å². The second kappa shape index (κ2) is 9.25. The van der Waals surface area contributed by atoms with Crippen LogP contribution in [0.25, 0.3) is 22.4 Å². The number of hydrogen-bond acceptors (Lipinski definition) is 5. The minimum absolute atomic E-state index is 0.00217. The number of nitrogens with zero attached hydrogens (tertiary/aromatic N) is 3. The minimum Gasteiger partial charge on any atom is -0.423 e. The fourth-order valence-corrected chi connectivity index (χ4v) is 4.71. The van der Waals surface area contributed by atoms with Crippen LogP contribution in [0.1, 0.15) is 35.7 Å². The number of anilines is 1. The lowest BCUT2D eigenvalue weighted by Crippen LogP contribution is -2.51. The number of benzene rings is 2. The summed E-state index contributed by atoms with van der Waals surface area (Å²) in [5, 5.41) is 3.24. The molecule has 1 fully saturated rings. The van der Waals surface area contributed by atoms with Gasteiger partial charge in [0.1, 0.15) is 11.3 Å². The minimum atomic E-state index is -0.366. The first kappa shape index (κ1) is 22.1. The van der Waals surface area contributed by atoms with Gasteiger partial charge in [0.25, 0.3) is 11.9 Å². The number of piperidine rings is 1. The van der Waals surface area contributed by atoms with Crippen LogP contribution in [0, 0.1) is 18.7 Å². The molecule has 0 spiro atoms. The lowest BCUT2D eigenvalue weighted by atomic mass is 9.89. The number of likely N-dealkylation sites (tertiary alicyclic amines) is 1. The number of halogens is 1. The van der Waals surface area contributed by atoms with Crippen molar-refractivity contribution in [3.05, 3.63) is 77.7 Å². The average molecular weight is 459 g/mol. The van der Waals surface area contributed by atoms with Crippen LogP contribution >= 0.6 is 0 Å². The van der Waals surface area contributed by atoms with Crippen molar-refractivity contribution in [2.24, 2.45) is 5.92 Å². The summed E-state index contributed by atoms with van der Waals surface area (Å²) in [5.74, 6) is -0.0628. The number of aryl methyl sites for hydroxylation is 1. The van der Waals surface area contributed by atoms with Gasteiger partial charge in [-0.25, -0.2) is 4.39 Å². The van der Waals surface area contributed by atoms with Gasteiger partial charge in [0, 0.05) is 36.5 Å². The molecule has 2 aromatic heterocycles. The summed E-state index contributed by atoms with van der Waals surface area (Å²) in [4.78, 5) is 24.7. The summed E-state index contributed by atoms with van der Waals surface area (Å²) in [6.07, 6.45) is 3.73. The Kier molecular flexibility index (Phi) is 6.01. The molecule has 1 aliphatic heterocycles. The normalized spacial score (nSPS) is 18.3. The van der Waals surface area contributed by atoms with Gasteiger partial charge in [0.2, 0.25) is 0 Å². The van der Waals surface area contributed by atoms with Crippen LogP contribution in [-0.4, -0.2) is 39.9 Å². The van der Waals surface area contributed by atoms with E-state index in [0.29, 0.717) is 41.7 Å². The van der Waals surface area contributed by atoms with E-state index in [9.17, 15) is 9.18 Å². The van der Waals surface area contributed by atoms with Crippen LogP contribution in [0.4, 0.5) is 10.4 Å². The molecule has 3 heterocycles. The van der Waals surface area contributed by atoms with Crippen LogP contribution in [0.3, 0.4) is 0 Å². The van der Waals surface area contributed by atoms with Crippen molar-refractivity contribution in [2.75, 3.05) is 18.4 Å². The van der Waals surface area contributed by atoms with Crippen LogP contribution in [0.5, 0.6) is 0 Å². The number of oxazole rings is 1. The van der Waals surface area contributed by atoms with Gasteiger partial charge in [-0.2, -0.15) is 4.98 Å². The topological polar surface area (TPSA) is 71.3 Å². The molecule has 174 valence electrons. The molecule has 0 radical (unpaired) electrons. The quantitative estimate of drug-likeness (QED) is 0.416. The Morgan fingerprint density at radius 3 is 2.91 bits per heavy atom. The second-order valence-electron chi connectivity index (χ2n) is 8.96. The summed E-state index contributed by atoms with van der Waals surface area (Å²) in [5.41, 5.74) is 4.29. The first-order chi connectivity index (χ1) is 16.5. The molecular formula is C27H27FN4O2. The first-order valence-electron chi connectivity index (χ1n) is 11.6. The predicted molar refractivity (Wildman–Crippen MR) is 130 cm³/mol. The number of hydrogen-bond donors (Lipinski definition) is 1. The smallest absolute Gasteiger partial charge is 0.295 e. The van der Waals surface area contributed by atoms with E-state index in [4.69, 9.17) is 4.42 Å². The molecule has 0 saturated carbocycles. The van der Waals surface area contributed by atoms with Gasteiger partial charge in [0.15, 0.2) is 5.58 Å². The van der Waals surface area contributed by atoms with Crippen LogP contribution in [0.2, 0.25) is 0 Å². The second-order valence-corrected chi connectivity index (χ2v) is 8.96. The lowest BCUT2D eigenvalue weighted by Gasteiger charge is -2.40. The van der Waals surface area contributed by atoms with E-state index >= 15 is 0 Å². The van der Waals surface area contributed by atoms with Gasteiger partial charge in [-0.15, -0.1) is 0 Å². The summed E-state index contributed by atoms with van der Waals surface area (Å²) in [6.45, 7) is 5.34. The van der Waals surface area contributed by atoms with Gasteiger partial charge in [-0.1, -0.05) is 30.7 Å². The Morgan fingerprint density at radius 2 is 2.09 bits per heavy atom. The highest BCUT2D eigenvalue weighted by molar-refractivity contribution is 6.01. The zero-order valence-corrected chi connectivity index (χ0v) is 19.3. The predicted octanol–water partition coefficient (Wildman–Crippen LogP) is 5.69. The fourth-order valence-electron chi connectivity index (χ4n) is 4.71. The largest absolute Gasteiger partial charge is 0.423 e. The zero-order chi connectivity index (χ0) is 23.7. The maximum atomic E-state index is 13.9. The van der Waals surface area contributed by atoms with Gasteiger partial charge < -0.3 is 14.6 Å². The number of amides is 1. The van der Waals surface area contributed by atoms with Crippen molar-refractivity contribution < 1.29 is 13.6 Å². The average Bonchev–Trinajstić information content (AvgIpc) is 3.25. The van der Waals surface area contributed by atoms with Gasteiger partial charge in [0.05, 0.1) is 11.7 Å². The number of pyridine rings is 1. The number of fused-ring (bicyclic) bond motifs is 1. The molecule has 4 aromatic rings. The molecule has 0 aliphatic carbocycles. The Hall–Kier alpha value is -3.74. The molecule has 0 bridgehead atoms. The van der Waals surface area contributed by atoms with Crippen molar-refractivity contribution in [3.8, 4) is 11.3 Å². The number of carbonyl (C=O) groups is 1. The van der Waals surface area contributed by atoms with Crippen molar-refractivity contribution in [1.82, 2.24) is 14.9 Å². The molecule has 2 unspecified atom stereocenters. The standard InChI is InChI=1S/C27H27FN4O2/c1-17-8-10-20(22-7-3-4-12-29-22)21(14-17)26(33)32-13-5-6-18(2)24(32)16-30-27-31-23-11-9-19(28)15-25(23)34-27/h3-4,7-12,14-15,18,24H,5-6,13,16H2,1-2H3,(H,30,31). The Labute approximate surface area is 197 Å². The molecule has 6 nitrogen and oxygen atoms in total. The number of carbonyl (C=O) groups excluding carboxylic acids is 1. The molecule has 1 aliphatic rings. The number of aromatic nitrogens is 2. The third-order valence-corrected chi connectivity index (χ3v) is 6.54. The third kappa shape index (κ3) is 4.38. The maximum absolute atomic E-state index is 13.9. The summed E-state index contributed by atoms with van der Waals surface area (Å²) >= 11 is 0. The highest BCUT2D eigenvalue weighted by Crippen LogP contribution is 2.30. The number of rotatable bonds is 5.